The van der Waals surface area contributed by atoms with Crippen molar-refractivity contribution in [2.45, 2.75) is 65.1 Å². The first-order valence-electron chi connectivity index (χ1n) is 8.27. The summed E-state index contributed by atoms with van der Waals surface area (Å²) in [5, 5.41) is 5.86. The number of rotatable bonds is 13. The number of hydrogen-bond acceptors (Lipinski definition) is 5. The Kier molecular flexibility index (Phi) is 10.3. The minimum Gasteiger partial charge on any atom is -0.373 e. The fourth-order valence-corrected chi connectivity index (χ4v) is 1.79. The van der Waals surface area contributed by atoms with Gasteiger partial charge in [0.25, 0.3) is 0 Å². The molecule has 0 fully saturated rings. The van der Waals surface area contributed by atoms with Crippen molar-refractivity contribution in [3.05, 3.63) is 0 Å². The van der Waals surface area contributed by atoms with E-state index in [4.69, 9.17) is 9.47 Å². The quantitative estimate of drug-likeness (QED) is 0.502. The number of hydrogen-bond donors (Lipinski definition) is 2. The molecule has 0 bridgehead atoms. The van der Waals surface area contributed by atoms with Gasteiger partial charge in [-0.15, -0.1) is 0 Å². The molecule has 0 spiro atoms. The van der Waals surface area contributed by atoms with E-state index in [2.05, 4.69) is 10.6 Å². The predicted octanol–water partition coefficient (Wildman–Crippen LogP) is 1.67. The summed E-state index contributed by atoms with van der Waals surface area (Å²) in [6.45, 7) is 12.0. The second kappa shape index (κ2) is 10.7. The zero-order valence-electron chi connectivity index (χ0n) is 15.6. The van der Waals surface area contributed by atoms with Crippen molar-refractivity contribution in [2.24, 2.45) is 0 Å². The lowest BCUT2D eigenvalue weighted by atomic mass is 10.0. The molecule has 0 aromatic carbocycles. The lowest BCUT2D eigenvalue weighted by molar-refractivity contribution is -0.126. The van der Waals surface area contributed by atoms with Gasteiger partial charge in [0.1, 0.15) is 5.78 Å². The summed E-state index contributed by atoms with van der Waals surface area (Å²) in [5.74, 6) is -0.0592. The number of likely N-dealkylation sites (N-methyl/N-ethyl adjacent to an activating group) is 1. The van der Waals surface area contributed by atoms with Gasteiger partial charge in [0.05, 0.1) is 24.4 Å². The van der Waals surface area contributed by atoms with Gasteiger partial charge in [0.15, 0.2) is 0 Å². The Morgan fingerprint density at radius 2 is 1.61 bits per heavy atom. The monoisotopic (exact) mass is 330 g/mol. The van der Waals surface area contributed by atoms with Gasteiger partial charge in [-0.05, 0) is 48.1 Å². The van der Waals surface area contributed by atoms with Gasteiger partial charge in [-0.25, -0.2) is 0 Å². The predicted molar refractivity (Wildman–Crippen MR) is 91.5 cm³/mol. The molecule has 0 saturated heterocycles. The first kappa shape index (κ1) is 22.0. The van der Waals surface area contributed by atoms with Crippen molar-refractivity contribution in [3.63, 3.8) is 0 Å². The standard InChI is InChI=1S/C17H34N2O4/c1-14(20)7-8-15(21)19-10-9-16(2,3)23-13-17(4,5)22-12-11-18-6/h18H,7-13H2,1-6H3,(H,19,21). The van der Waals surface area contributed by atoms with Crippen LogP contribution in [0.4, 0.5) is 0 Å². The average molecular weight is 330 g/mol. The molecule has 2 N–H and O–H groups in total. The first-order valence-corrected chi connectivity index (χ1v) is 8.27. The molecule has 0 aliphatic heterocycles. The Bertz CT molecular complexity index is 368. The van der Waals surface area contributed by atoms with Crippen LogP contribution >= 0.6 is 0 Å². The van der Waals surface area contributed by atoms with Crippen molar-refractivity contribution < 1.29 is 19.1 Å². The summed E-state index contributed by atoms with van der Waals surface area (Å²) in [6, 6.07) is 0. The van der Waals surface area contributed by atoms with Crippen LogP contribution in [-0.2, 0) is 19.1 Å². The molecular formula is C17H34N2O4. The molecule has 136 valence electrons. The van der Waals surface area contributed by atoms with Gasteiger partial charge in [0, 0.05) is 25.9 Å². The van der Waals surface area contributed by atoms with Crippen molar-refractivity contribution in [1.29, 1.82) is 0 Å². The van der Waals surface area contributed by atoms with E-state index in [9.17, 15) is 9.59 Å². The van der Waals surface area contributed by atoms with Crippen LogP contribution in [0, 0.1) is 0 Å². The molecule has 0 atom stereocenters. The van der Waals surface area contributed by atoms with E-state index in [1.165, 1.54) is 6.92 Å². The molecule has 0 unspecified atom stereocenters. The van der Waals surface area contributed by atoms with Gasteiger partial charge >= 0.3 is 0 Å². The molecule has 0 aliphatic rings. The molecule has 6 heteroatoms. The zero-order valence-corrected chi connectivity index (χ0v) is 15.6. The fraction of sp³-hybridized carbons (Fsp3) is 0.882. The number of ketones is 1. The lowest BCUT2D eigenvalue weighted by Gasteiger charge is -2.32. The SMILES string of the molecule is CNCCOC(C)(C)COC(C)(C)CCNC(=O)CCC(C)=O. The molecule has 1 amide bonds. The molecule has 0 aliphatic carbocycles. The van der Waals surface area contributed by atoms with Crippen LogP contribution < -0.4 is 10.6 Å². The number of amides is 1. The van der Waals surface area contributed by atoms with Crippen LogP contribution in [0.25, 0.3) is 0 Å². The number of carbonyl (C=O) groups is 2. The van der Waals surface area contributed by atoms with E-state index in [-0.39, 0.29) is 29.3 Å². The highest BCUT2D eigenvalue weighted by Crippen LogP contribution is 2.18. The van der Waals surface area contributed by atoms with Crippen molar-refractivity contribution in [1.82, 2.24) is 10.6 Å². The molecule has 23 heavy (non-hydrogen) atoms. The van der Waals surface area contributed by atoms with Gasteiger partial charge in [-0.2, -0.15) is 0 Å². The molecule has 6 nitrogen and oxygen atoms in total. The highest BCUT2D eigenvalue weighted by Gasteiger charge is 2.25. The maximum Gasteiger partial charge on any atom is 0.220 e. The maximum absolute atomic E-state index is 11.6. The fourth-order valence-electron chi connectivity index (χ4n) is 1.79. The second-order valence-electron chi connectivity index (χ2n) is 7.06. The van der Waals surface area contributed by atoms with Crippen LogP contribution in [-0.4, -0.2) is 56.2 Å². The highest BCUT2D eigenvalue weighted by molar-refractivity contribution is 5.83. The topological polar surface area (TPSA) is 76.7 Å². The van der Waals surface area contributed by atoms with Gasteiger partial charge in [0.2, 0.25) is 5.91 Å². The lowest BCUT2D eigenvalue weighted by Crippen LogP contribution is -2.39. The van der Waals surface area contributed by atoms with E-state index < -0.39 is 0 Å². The molecule has 0 saturated carbocycles. The van der Waals surface area contributed by atoms with Crippen LogP contribution in [0.1, 0.15) is 53.9 Å². The zero-order chi connectivity index (χ0) is 17.9. The maximum atomic E-state index is 11.6. The minimum absolute atomic E-state index is 0.0318. The van der Waals surface area contributed by atoms with Crippen molar-refractivity contribution in [3.8, 4) is 0 Å². The largest absolute Gasteiger partial charge is 0.373 e. The summed E-state index contributed by atoms with van der Waals surface area (Å²) < 4.78 is 11.7. The number of carbonyl (C=O) groups excluding carboxylic acids is 2. The summed E-state index contributed by atoms with van der Waals surface area (Å²) in [5.41, 5.74) is -0.698. The molecule has 0 rings (SSSR count). The van der Waals surface area contributed by atoms with Crippen LogP contribution in [0.2, 0.25) is 0 Å². The minimum atomic E-state index is -0.350. The molecule has 0 aromatic heterocycles. The van der Waals surface area contributed by atoms with Crippen LogP contribution in [0.5, 0.6) is 0 Å². The normalized spacial score (nSPS) is 12.3. The summed E-state index contributed by atoms with van der Waals surface area (Å²) in [7, 11) is 1.89. The van der Waals surface area contributed by atoms with Gasteiger partial charge < -0.3 is 24.9 Å². The highest BCUT2D eigenvalue weighted by atomic mass is 16.6. The van der Waals surface area contributed by atoms with E-state index >= 15 is 0 Å². The number of nitrogens with one attached hydrogen (secondary N) is 2. The Balaban J connectivity index is 3.99. The van der Waals surface area contributed by atoms with Crippen LogP contribution in [0.15, 0.2) is 0 Å². The van der Waals surface area contributed by atoms with E-state index in [0.717, 1.165) is 6.54 Å². The number of ether oxygens (including phenoxy) is 2. The smallest absolute Gasteiger partial charge is 0.220 e. The third-order valence-electron chi connectivity index (χ3n) is 3.41. The molecular weight excluding hydrogens is 296 g/mol. The summed E-state index contributed by atoms with van der Waals surface area (Å²) in [4.78, 5) is 22.4. The van der Waals surface area contributed by atoms with Crippen molar-refractivity contribution in [2.75, 3.05) is 33.4 Å². The Labute approximate surface area is 140 Å². The van der Waals surface area contributed by atoms with E-state index in [0.29, 0.717) is 32.6 Å². The van der Waals surface area contributed by atoms with E-state index in [1.807, 2.05) is 34.7 Å². The van der Waals surface area contributed by atoms with Crippen molar-refractivity contribution >= 4 is 11.7 Å². The third kappa shape index (κ3) is 13.2. The Hall–Kier alpha value is -0.980. The molecule has 0 aromatic rings. The first-order chi connectivity index (χ1) is 10.6. The third-order valence-corrected chi connectivity index (χ3v) is 3.41. The van der Waals surface area contributed by atoms with E-state index in [1.54, 1.807) is 0 Å². The molecule has 0 radical (unpaired) electrons. The summed E-state index contributed by atoms with van der Waals surface area (Å²) in [6.07, 6.45) is 1.25. The van der Waals surface area contributed by atoms with Gasteiger partial charge in [-0.3, -0.25) is 4.79 Å². The van der Waals surface area contributed by atoms with Gasteiger partial charge in [-0.1, -0.05) is 0 Å². The Morgan fingerprint density at radius 1 is 0.957 bits per heavy atom. The molecule has 0 heterocycles. The Morgan fingerprint density at radius 3 is 2.17 bits per heavy atom. The second-order valence-corrected chi connectivity index (χ2v) is 7.06. The van der Waals surface area contributed by atoms with Crippen LogP contribution in [0.3, 0.4) is 0 Å². The number of Topliss-reactive ketones (excluding diaryl/α,β-unsaturated/α-hetero) is 1. The average Bonchev–Trinajstić information content (AvgIpc) is 2.43. The summed E-state index contributed by atoms with van der Waals surface area (Å²) >= 11 is 0.